The molecule has 0 aliphatic carbocycles. The zero-order chi connectivity index (χ0) is 42.7. The lowest BCUT2D eigenvalue weighted by Gasteiger charge is -2.27. The summed E-state index contributed by atoms with van der Waals surface area (Å²) in [7, 11) is 0. The number of rotatable bonds is 5. The molecule has 0 atom stereocenters. The quantitative estimate of drug-likeness (QED) is 0.157. The lowest BCUT2D eigenvalue weighted by Crippen LogP contribution is -2.18. The normalized spacial score (nSPS) is 14.1. The summed E-state index contributed by atoms with van der Waals surface area (Å²) >= 11 is 0. The molecule has 11 rings (SSSR count). The van der Waals surface area contributed by atoms with Crippen LogP contribution in [0.15, 0.2) is 219 Å². The van der Waals surface area contributed by atoms with Gasteiger partial charge in [0.2, 0.25) is 0 Å². The summed E-state index contributed by atoms with van der Waals surface area (Å²) in [5.74, 6) is 0. The van der Waals surface area contributed by atoms with Crippen molar-refractivity contribution in [2.75, 3.05) is 11.4 Å². The van der Waals surface area contributed by atoms with Crippen LogP contribution in [0.25, 0.3) is 88.0 Å². The van der Waals surface area contributed by atoms with Crippen molar-refractivity contribution in [2.45, 2.75) is 6.18 Å². The number of nitrogens with zero attached hydrogens (tertiary/aromatic N) is 2. The fraction of sp³-hybridized carbons (Fsp3) is 0.0345. The lowest BCUT2D eigenvalue weighted by molar-refractivity contribution is -0.137. The van der Waals surface area contributed by atoms with Gasteiger partial charge in [0.15, 0.2) is 0 Å². The fourth-order valence-electron chi connectivity index (χ4n) is 9.45. The van der Waals surface area contributed by atoms with Crippen LogP contribution in [0.5, 0.6) is 0 Å². The minimum atomic E-state index is -4.40. The molecule has 5 heteroatoms. The van der Waals surface area contributed by atoms with E-state index in [1.165, 1.54) is 38.2 Å². The Kier molecular flexibility index (Phi) is 9.20. The van der Waals surface area contributed by atoms with E-state index < -0.39 is 11.7 Å². The van der Waals surface area contributed by atoms with Crippen LogP contribution in [0, 0.1) is 0 Å². The summed E-state index contributed by atoms with van der Waals surface area (Å²) in [5, 5.41) is 6.94. The molecule has 0 bridgehead atoms. The Morgan fingerprint density at radius 1 is 0.444 bits per heavy atom. The third-order valence-electron chi connectivity index (χ3n) is 12.4. The molecule has 1 aromatic heterocycles. The van der Waals surface area contributed by atoms with Gasteiger partial charge in [-0.25, -0.2) is 0 Å². The minimum Gasteiger partial charge on any atom is -0.337 e. The molecule has 0 spiro atoms. The van der Waals surface area contributed by atoms with Gasteiger partial charge >= 0.3 is 6.18 Å². The molecule has 10 aromatic rings. The summed E-state index contributed by atoms with van der Waals surface area (Å²) < 4.78 is 42.4. The molecule has 2 nitrogen and oxygen atoms in total. The van der Waals surface area contributed by atoms with Crippen LogP contribution in [0.1, 0.15) is 11.1 Å². The van der Waals surface area contributed by atoms with E-state index in [2.05, 4.69) is 175 Å². The number of hydrogen-bond donors (Lipinski definition) is 0. The van der Waals surface area contributed by atoms with Crippen LogP contribution < -0.4 is 4.90 Å². The van der Waals surface area contributed by atoms with Crippen molar-refractivity contribution in [1.29, 1.82) is 0 Å². The molecule has 0 saturated carbocycles. The fourth-order valence-corrected chi connectivity index (χ4v) is 9.45. The van der Waals surface area contributed by atoms with E-state index in [1.54, 1.807) is 12.1 Å². The molecule has 2 heterocycles. The van der Waals surface area contributed by atoms with Crippen LogP contribution in [-0.2, 0) is 6.18 Å². The van der Waals surface area contributed by atoms with Gasteiger partial charge in [0, 0.05) is 39.9 Å². The van der Waals surface area contributed by atoms with Crippen LogP contribution in [0.3, 0.4) is 0 Å². The third-order valence-corrected chi connectivity index (χ3v) is 12.4. The second-order valence-electron chi connectivity index (χ2n) is 16.0. The molecule has 9 aromatic carbocycles. The average Bonchev–Trinajstić information content (AvgIpc) is 3.68. The number of hydrogen-bond acceptors (Lipinski definition) is 1. The maximum absolute atomic E-state index is 13.5. The number of halogens is 3. The SMILES string of the molecule is C=C1/C=C\C=C/CN(c2ccc(-c3c4ccccc4c(-c4ccccc4)c4ccccc34)cc2)c2ccc(-c3ccc4c(c3)c3ccccc3n4-c3ccc(C(F)(F)F)cc3)cc21. The maximum atomic E-state index is 13.5. The highest BCUT2D eigenvalue weighted by molar-refractivity contribution is 6.21. The van der Waals surface area contributed by atoms with E-state index in [0.717, 1.165) is 73.1 Å². The molecule has 0 saturated heterocycles. The Morgan fingerprint density at radius 3 is 1.62 bits per heavy atom. The topological polar surface area (TPSA) is 8.17 Å². The van der Waals surface area contributed by atoms with Crippen LogP contribution in [0.4, 0.5) is 24.5 Å². The van der Waals surface area contributed by atoms with E-state index >= 15 is 0 Å². The molecule has 302 valence electrons. The van der Waals surface area contributed by atoms with Crippen molar-refractivity contribution in [3.8, 4) is 39.1 Å². The van der Waals surface area contributed by atoms with Gasteiger partial charge in [-0.15, -0.1) is 0 Å². The van der Waals surface area contributed by atoms with Gasteiger partial charge in [-0.3, -0.25) is 0 Å². The van der Waals surface area contributed by atoms with Gasteiger partial charge in [0.25, 0.3) is 0 Å². The van der Waals surface area contributed by atoms with Crippen LogP contribution in [-0.4, -0.2) is 11.1 Å². The summed E-state index contributed by atoms with van der Waals surface area (Å²) in [5.41, 5.74) is 12.8. The highest BCUT2D eigenvalue weighted by Crippen LogP contribution is 2.45. The molecule has 0 amide bonds. The van der Waals surface area contributed by atoms with Crippen molar-refractivity contribution in [3.05, 3.63) is 230 Å². The van der Waals surface area contributed by atoms with Crippen molar-refractivity contribution in [2.24, 2.45) is 0 Å². The Labute approximate surface area is 363 Å². The Bertz CT molecular complexity index is 3410. The van der Waals surface area contributed by atoms with E-state index in [-0.39, 0.29) is 0 Å². The van der Waals surface area contributed by atoms with E-state index in [0.29, 0.717) is 12.2 Å². The number of benzene rings is 9. The molecular formula is C58H39F3N2. The number of anilines is 2. The second kappa shape index (κ2) is 15.2. The average molecular weight is 821 g/mol. The zero-order valence-corrected chi connectivity index (χ0v) is 34.1. The standard InChI is InChI=1S/C58H39F3N2/c1-38-14-4-3-13-35-62(44-29-23-40(24-30-44)57-49-20-9-7-18-47(49)56(39-15-5-2-6-16-39)48-19-8-10-21-50(48)57)53-33-25-41(36-51(38)53)42-26-34-55-52(37-42)46-17-11-12-22-54(46)63(55)45-31-27-43(28-32-45)58(59,60)61/h2-34,36-37H,1,35H2/b13-3-,14-4-. The summed E-state index contributed by atoms with van der Waals surface area (Å²) in [6.07, 6.45) is 3.95. The number of allylic oxidation sites excluding steroid dienone is 4. The Morgan fingerprint density at radius 2 is 0.968 bits per heavy atom. The molecule has 0 fully saturated rings. The Balaban J connectivity index is 0.990. The van der Waals surface area contributed by atoms with Crippen molar-refractivity contribution in [3.63, 3.8) is 0 Å². The largest absolute Gasteiger partial charge is 0.416 e. The van der Waals surface area contributed by atoms with Crippen molar-refractivity contribution in [1.82, 2.24) is 4.57 Å². The molecule has 1 aliphatic rings. The second-order valence-corrected chi connectivity index (χ2v) is 16.0. The smallest absolute Gasteiger partial charge is 0.337 e. The summed E-state index contributed by atoms with van der Waals surface area (Å²) in [6.45, 7) is 5.19. The van der Waals surface area contributed by atoms with E-state index in [9.17, 15) is 13.2 Å². The first-order chi connectivity index (χ1) is 30.8. The molecule has 63 heavy (non-hydrogen) atoms. The predicted octanol–water partition coefficient (Wildman–Crippen LogP) is 16.4. The first-order valence-electron chi connectivity index (χ1n) is 21.1. The van der Waals surface area contributed by atoms with Crippen molar-refractivity contribution >= 4 is 60.3 Å². The number of fused-ring (bicyclic) bond motifs is 6. The number of para-hydroxylation sites is 1. The summed E-state index contributed by atoms with van der Waals surface area (Å²) in [6, 6.07) is 63.4. The molecule has 1 aliphatic heterocycles. The molecular weight excluding hydrogens is 782 g/mol. The Hall–Kier alpha value is -7.89. The van der Waals surface area contributed by atoms with E-state index in [4.69, 9.17) is 0 Å². The van der Waals surface area contributed by atoms with Gasteiger partial charge in [-0.2, -0.15) is 13.2 Å². The van der Waals surface area contributed by atoms with Gasteiger partial charge in [0.1, 0.15) is 0 Å². The van der Waals surface area contributed by atoms with E-state index in [1.807, 2.05) is 28.8 Å². The lowest BCUT2D eigenvalue weighted by atomic mass is 9.86. The predicted molar refractivity (Wildman–Crippen MR) is 258 cm³/mol. The first kappa shape index (κ1) is 38.1. The van der Waals surface area contributed by atoms with Gasteiger partial charge in [-0.05, 0) is 127 Å². The molecule has 0 radical (unpaired) electrons. The minimum absolute atomic E-state index is 0.663. The first-order valence-corrected chi connectivity index (χ1v) is 21.1. The highest BCUT2D eigenvalue weighted by atomic mass is 19.4. The van der Waals surface area contributed by atoms with Gasteiger partial charge in [0.05, 0.1) is 16.6 Å². The van der Waals surface area contributed by atoms with Gasteiger partial charge in [-0.1, -0.05) is 152 Å². The zero-order valence-electron chi connectivity index (χ0n) is 34.1. The molecule has 0 unspecified atom stereocenters. The van der Waals surface area contributed by atoms with Gasteiger partial charge < -0.3 is 9.47 Å². The van der Waals surface area contributed by atoms with Crippen LogP contribution >= 0.6 is 0 Å². The van der Waals surface area contributed by atoms with Crippen molar-refractivity contribution < 1.29 is 13.2 Å². The number of aromatic nitrogens is 1. The maximum Gasteiger partial charge on any atom is 0.416 e. The monoisotopic (exact) mass is 820 g/mol. The third kappa shape index (κ3) is 6.61. The number of alkyl halides is 3. The molecule has 0 N–H and O–H groups in total. The van der Waals surface area contributed by atoms with Crippen LogP contribution in [0.2, 0.25) is 0 Å². The summed E-state index contributed by atoms with van der Waals surface area (Å²) in [4.78, 5) is 2.34. The highest BCUT2D eigenvalue weighted by Gasteiger charge is 2.30.